The summed E-state index contributed by atoms with van der Waals surface area (Å²) < 4.78 is 5.14. The second-order valence-corrected chi connectivity index (χ2v) is 3.99. The van der Waals surface area contributed by atoms with Gasteiger partial charge in [0.25, 0.3) is 0 Å². The third kappa shape index (κ3) is 2.54. The van der Waals surface area contributed by atoms with Gasteiger partial charge in [-0.3, -0.25) is 9.59 Å². The van der Waals surface area contributed by atoms with Crippen LogP contribution in [0.4, 0.5) is 0 Å². The topological polar surface area (TPSA) is 43.4 Å². The number of hydrogen-bond donors (Lipinski definition) is 0. The summed E-state index contributed by atoms with van der Waals surface area (Å²) in [5, 5.41) is 0. The molecule has 1 aliphatic carbocycles. The Bertz CT molecular complexity index is 214. The van der Waals surface area contributed by atoms with E-state index in [2.05, 4.69) is 0 Å². The van der Waals surface area contributed by atoms with Crippen molar-refractivity contribution >= 4 is 11.8 Å². The molecule has 1 fully saturated rings. The fourth-order valence-electron chi connectivity index (χ4n) is 1.29. The van der Waals surface area contributed by atoms with Gasteiger partial charge in [-0.2, -0.15) is 0 Å². The fourth-order valence-corrected chi connectivity index (χ4v) is 1.29. The second kappa shape index (κ2) is 3.90. The molecule has 0 spiro atoms. The molecule has 0 amide bonds. The smallest absolute Gasteiger partial charge is 0.308 e. The number of rotatable bonds is 3. The van der Waals surface area contributed by atoms with Crippen LogP contribution in [0.5, 0.6) is 0 Å². The third-order valence-corrected chi connectivity index (χ3v) is 2.42. The van der Waals surface area contributed by atoms with E-state index in [9.17, 15) is 9.59 Å². The lowest BCUT2D eigenvalue weighted by molar-refractivity contribution is -0.161. The van der Waals surface area contributed by atoms with E-state index in [0.717, 1.165) is 0 Å². The van der Waals surface area contributed by atoms with Gasteiger partial charge in [0, 0.05) is 5.92 Å². The molecular formula is C10H16O3. The highest BCUT2D eigenvalue weighted by atomic mass is 16.5. The Kier molecular flexibility index (Phi) is 3.07. The molecule has 74 valence electrons. The van der Waals surface area contributed by atoms with Crippen molar-refractivity contribution in [3.63, 3.8) is 0 Å². The summed E-state index contributed by atoms with van der Waals surface area (Å²) in [4.78, 5) is 22.0. The first-order valence-electron chi connectivity index (χ1n) is 4.71. The van der Waals surface area contributed by atoms with E-state index >= 15 is 0 Å². The molecule has 3 nitrogen and oxygen atoms in total. The maximum atomic E-state index is 11.1. The molecule has 3 heteroatoms. The van der Waals surface area contributed by atoms with Crippen LogP contribution >= 0.6 is 0 Å². The van der Waals surface area contributed by atoms with Gasteiger partial charge in [-0.1, -0.05) is 13.8 Å². The normalized spacial score (nSPS) is 26.8. The van der Waals surface area contributed by atoms with E-state index in [-0.39, 0.29) is 29.7 Å². The van der Waals surface area contributed by atoms with Crippen LogP contribution in [0.25, 0.3) is 0 Å². The molecule has 0 saturated heterocycles. The van der Waals surface area contributed by atoms with Crippen LogP contribution in [0.1, 0.15) is 33.6 Å². The monoisotopic (exact) mass is 184 g/mol. The number of esters is 1. The number of carbonyl (C=O) groups excluding carboxylic acids is 2. The van der Waals surface area contributed by atoms with Crippen LogP contribution in [-0.4, -0.2) is 17.9 Å². The molecule has 0 N–H and O–H groups in total. The second-order valence-electron chi connectivity index (χ2n) is 3.99. The Morgan fingerprint density at radius 2 is 1.85 bits per heavy atom. The van der Waals surface area contributed by atoms with Crippen LogP contribution in [0.3, 0.4) is 0 Å². The summed E-state index contributed by atoms with van der Waals surface area (Å²) in [5.74, 6) is 0.102. The molecule has 0 aromatic carbocycles. The molecule has 0 radical (unpaired) electrons. The molecule has 0 bridgehead atoms. The largest absolute Gasteiger partial charge is 0.462 e. The summed E-state index contributed by atoms with van der Waals surface area (Å²) in [6.07, 6.45) is 1.42. The maximum absolute atomic E-state index is 11.1. The first-order chi connectivity index (χ1) is 6.00. The Hall–Kier alpha value is -0.860. The van der Waals surface area contributed by atoms with Crippen molar-refractivity contribution in [2.45, 2.75) is 39.7 Å². The standard InChI is InChI=1S/C10H16O3/c1-6(2)10(12)13-9-4-8(5-9)7(3)11/h6,8-9H,4-5H2,1-3H3. The first-order valence-corrected chi connectivity index (χ1v) is 4.71. The molecule has 1 aliphatic rings. The highest BCUT2D eigenvalue weighted by Gasteiger charge is 2.35. The van der Waals surface area contributed by atoms with Crippen LogP contribution in [0.15, 0.2) is 0 Å². The van der Waals surface area contributed by atoms with Gasteiger partial charge < -0.3 is 4.74 Å². The van der Waals surface area contributed by atoms with Gasteiger partial charge in [-0.05, 0) is 19.8 Å². The predicted octanol–water partition coefficient (Wildman–Crippen LogP) is 1.55. The van der Waals surface area contributed by atoms with Crippen LogP contribution < -0.4 is 0 Å². The molecule has 0 aliphatic heterocycles. The summed E-state index contributed by atoms with van der Waals surface area (Å²) in [5.41, 5.74) is 0. The van der Waals surface area contributed by atoms with Crippen molar-refractivity contribution in [1.29, 1.82) is 0 Å². The zero-order chi connectivity index (χ0) is 10.0. The van der Waals surface area contributed by atoms with Crippen LogP contribution in [0, 0.1) is 11.8 Å². The first kappa shape index (κ1) is 10.2. The number of hydrogen-bond acceptors (Lipinski definition) is 3. The van der Waals surface area contributed by atoms with Crippen molar-refractivity contribution < 1.29 is 14.3 Å². The predicted molar refractivity (Wildman–Crippen MR) is 48.1 cm³/mol. The molecule has 1 rings (SSSR count). The minimum absolute atomic E-state index is 0.0104. The summed E-state index contributed by atoms with van der Waals surface area (Å²) in [6.45, 7) is 5.21. The summed E-state index contributed by atoms with van der Waals surface area (Å²) in [6, 6.07) is 0. The van der Waals surface area contributed by atoms with Gasteiger partial charge in [0.1, 0.15) is 11.9 Å². The van der Waals surface area contributed by atoms with Gasteiger partial charge in [-0.15, -0.1) is 0 Å². The molecule has 0 aromatic heterocycles. The van der Waals surface area contributed by atoms with Crippen molar-refractivity contribution in [2.24, 2.45) is 11.8 Å². The SMILES string of the molecule is CC(=O)C1CC(OC(=O)C(C)C)C1. The molecule has 0 aromatic rings. The maximum Gasteiger partial charge on any atom is 0.308 e. The number of carbonyl (C=O) groups is 2. The van der Waals surface area contributed by atoms with E-state index in [0.29, 0.717) is 12.8 Å². The molecular weight excluding hydrogens is 168 g/mol. The Morgan fingerprint density at radius 3 is 2.23 bits per heavy atom. The lowest BCUT2D eigenvalue weighted by Gasteiger charge is -2.33. The minimum Gasteiger partial charge on any atom is -0.462 e. The lowest BCUT2D eigenvalue weighted by Crippen LogP contribution is -2.37. The molecule has 13 heavy (non-hydrogen) atoms. The average Bonchev–Trinajstić information content (AvgIpc) is 1.94. The molecule has 1 saturated carbocycles. The number of ketones is 1. The van der Waals surface area contributed by atoms with Crippen molar-refractivity contribution in [3.8, 4) is 0 Å². The molecule has 0 atom stereocenters. The molecule has 0 unspecified atom stereocenters. The van der Waals surface area contributed by atoms with Gasteiger partial charge >= 0.3 is 5.97 Å². The number of ether oxygens (including phenoxy) is 1. The minimum atomic E-state index is -0.160. The van der Waals surface area contributed by atoms with E-state index in [1.165, 1.54) is 0 Å². The fraction of sp³-hybridized carbons (Fsp3) is 0.800. The lowest BCUT2D eigenvalue weighted by atomic mass is 9.80. The van der Waals surface area contributed by atoms with E-state index in [1.807, 2.05) is 13.8 Å². The van der Waals surface area contributed by atoms with Gasteiger partial charge in [-0.25, -0.2) is 0 Å². The van der Waals surface area contributed by atoms with E-state index < -0.39 is 0 Å². The third-order valence-electron chi connectivity index (χ3n) is 2.42. The van der Waals surface area contributed by atoms with Crippen molar-refractivity contribution in [3.05, 3.63) is 0 Å². The quantitative estimate of drug-likeness (QED) is 0.625. The van der Waals surface area contributed by atoms with Gasteiger partial charge in [0.15, 0.2) is 0 Å². The highest BCUT2D eigenvalue weighted by Crippen LogP contribution is 2.31. The zero-order valence-corrected chi connectivity index (χ0v) is 8.37. The number of Topliss-reactive ketones (excluding diaryl/α,β-unsaturated/α-hetero) is 1. The summed E-state index contributed by atoms with van der Waals surface area (Å²) >= 11 is 0. The van der Waals surface area contributed by atoms with Crippen LogP contribution in [0.2, 0.25) is 0 Å². The van der Waals surface area contributed by atoms with E-state index in [1.54, 1.807) is 6.92 Å². The molecule has 0 heterocycles. The summed E-state index contributed by atoms with van der Waals surface area (Å²) in [7, 11) is 0. The van der Waals surface area contributed by atoms with E-state index in [4.69, 9.17) is 4.74 Å². The van der Waals surface area contributed by atoms with Gasteiger partial charge in [0.2, 0.25) is 0 Å². The Balaban J connectivity index is 2.22. The van der Waals surface area contributed by atoms with Crippen molar-refractivity contribution in [2.75, 3.05) is 0 Å². The zero-order valence-electron chi connectivity index (χ0n) is 8.37. The van der Waals surface area contributed by atoms with Gasteiger partial charge in [0.05, 0.1) is 5.92 Å². The highest BCUT2D eigenvalue weighted by molar-refractivity contribution is 5.79. The Labute approximate surface area is 78.5 Å². The van der Waals surface area contributed by atoms with Crippen molar-refractivity contribution in [1.82, 2.24) is 0 Å². The van der Waals surface area contributed by atoms with Crippen LogP contribution in [-0.2, 0) is 14.3 Å². The average molecular weight is 184 g/mol. The Morgan fingerprint density at radius 1 is 1.31 bits per heavy atom.